The highest BCUT2D eigenvalue weighted by Gasteiger charge is 2.25. The molecule has 3 nitrogen and oxygen atoms in total. The molecule has 1 aromatic carbocycles. The molecule has 2 rings (SSSR count). The van der Waals surface area contributed by atoms with Gasteiger partial charge < -0.3 is 10.8 Å². The Morgan fingerprint density at radius 3 is 2.47 bits per heavy atom. The van der Waals surface area contributed by atoms with E-state index >= 15 is 0 Å². The molecule has 3 N–H and O–H groups in total. The Labute approximate surface area is 104 Å². The zero-order chi connectivity index (χ0) is 12.3. The van der Waals surface area contributed by atoms with Crippen molar-refractivity contribution in [2.45, 2.75) is 12.1 Å². The van der Waals surface area contributed by atoms with E-state index in [0.717, 1.165) is 0 Å². The molecule has 88 valence electrons. The van der Waals surface area contributed by atoms with Crippen LogP contribution in [0.4, 0.5) is 0 Å². The molecule has 0 spiro atoms. The first-order valence-electron chi connectivity index (χ1n) is 5.26. The molecule has 0 bridgehead atoms. The van der Waals surface area contributed by atoms with Crippen LogP contribution in [-0.4, -0.2) is 16.9 Å². The van der Waals surface area contributed by atoms with Crippen LogP contribution in [0, 0.1) is 0 Å². The van der Waals surface area contributed by atoms with E-state index in [0.29, 0.717) is 10.4 Å². The van der Waals surface area contributed by atoms with Gasteiger partial charge in [-0.1, -0.05) is 36.4 Å². The molecule has 0 aliphatic rings. The summed E-state index contributed by atoms with van der Waals surface area (Å²) in [5, 5.41) is 11.8. The maximum atomic E-state index is 12.0. The molecule has 4 heteroatoms. The number of hydrogen-bond acceptors (Lipinski definition) is 4. The summed E-state index contributed by atoms with van der Waals surface area (Å²) < 4.78 is 0. The van der Waals surface area contributed by atoms with Crippen LogP contribution in [0.2, 0.25) is 0 Å². The Hall–Kier alpha value is -1.49. The van der Waals surface area contributed by atoms with Crippen molar-refractivity contribution in [2.75, 3.05) is 0 Å². The molecular weight excluding hydrogens is 234 g/mol. The van der Waals surface area contributed by atoms with E-state index in [2.05, 4.69) is 0 Å². The van der Waals surface area contributed by atoms with Gasteiger partial charge in [-0.15, -0.1) is 11.3 Å². The maximum Gasteiger partial charge on any atom is 0.182 e. The van der Waals surface area contributed by atoms with E-state index in [-0.39, 0.29) is 5.78 Å². The number of carbonyl (C=O) groups is 1. The van der Waals surface area contributed by atoms with Crippen LogP contribution in [0.5, 0.6) is 0 Å². The smallest absolute Gasteiger partial charge is 0.182 e. The number of thiophene rings is 1. The highest BCUT2D eigenvalue weighted by Crippen LogP contribution is 2.22. The number of Topliss-reactive ketones (excluding diaryl/α,β-unsaturated/α-hetero) is 1. The normalized spacial score (nSPS) is 14.2. The van der Waals surface area contributed by atoms with Crippen molar-refractivity contribution in [2.24, 2.45) is 5.73 Å². The van der Waals surface area contributed by atoms with Crippen LogP contribution in [0.25, 0.3) is 0 Å². The number of rotatable bonds is 4. The number of ketones is 1. The van der Waals surface area contributed by atoms with Crippen molar-refractivity contribution in [3.05, 3.63) is 58.3 Å². The van der Waals surface area contributed by atoms with E-state index in [1.807, 2.05) is 17.5 Å². The Balaban J connectivity index is 2.16. The minimum Gasteiger partial charge on any atom is -0.385 e. The predicted octanol–water partition coefficient (Wildman–Crippen LogP) is 1.99. The fourth-order valence-electron chi connectivity index (χ4n) is 1.57. The summed E-state index contributed by atoms with van der Waals surface area (Å²) in [6.45, 7) is 0. The van der Waals surface area contributed by atoms with Gasteiger partial charge >= 0.3 is 0 Å². The van der Waals surface area contributed by atoms with E-state index in [9.17, 15) is 9.90 Å². The lowest BCUT2D eigenvalue weighted by atomic mass is 10.00. The number of aliphatic hydroxyl groups excluding tert-OH is 1. The van der Waals surface area contributed by atoms with Crippen molar-refractivity contribution in [1.82, 2.24) is 0 Å². The van der Waals surface area contributed by atoms with Crippen LogP contribution in [0.15, 0.2) is 47.8 Å². The molecule has 1 aromatic heterocycles. The fourth-order valence-corrected chi connectivity index (χ4v) is 2.33. The summed E-state index contributed by atoms with van der Waals surface area (Å²) >= 11 is 1.39. The minimum atomic E-state index is -0.942. The Morgan fingerprint density at radius 2 is 1.88 bits per heavy atom. The van der Waals surface area contributed by atoms with Gasteiger partial charge in [0.25, 0.3) is 0 Å². The highest BCUT2D eigenvalue weighted by atomic mass is 32.1. The Kier molecular flexibility index (Phi) is 3.68. The van der Waals surface area contributed by atoms with E-state index in [1.165, 1.54) is 11.3 Å². The predicted molar refractivity (Wildman–Crippen MR) is 68.0 cm³/mol. The van der Waals surface area contributed by atoms with Crippen molar-refractivity contribution in [3.63, 3.8) is 0 Å². The Bertz CT molecular complexity index is 481. The molecule has 0 saturated carbocycles. The molecule has 0 saturated heterocycles. The van der Waals surface area contributed by atoms with Gasteiger partial charge in [-0.2, -0.15) is 0 Å². The standard InChI is InChI=1S/C13H13NO2S/c14-11(13(16)10-7-4-8-17-10)12(15)9-5-2-1-3-6-9/h1-8,11,13,16H,14H2. The molecular formula is C13H13NO2S. The van der Waals surface area contributed by atoms with Gasteiger partial charge in [0, 0.05) is 10.4 Å². The summed E-state index contributed by atoms with van der Waals surface area (Å²) in [5.41, 5.74) is 6.31. The second-order valence-electron chi connectivity index (χ2n) is 3.72. The van der Waals surface area contributed by atoms with Gasteiger partial charge in [0.2, 0.25) is 0 Å². The zero-order valence-corrected chi connectivity index (χ0v) is 9.93. The third kappa shape index (κ3) is 2.61. The molecule has 2 atom stereocenters. The summed E-state index contributed by atoms with van der Waals surface area (Å²) in [5.74, 6) is -0.244. The van der Waals surface area contributed by atoms with Gasteiger partial charge in [0.15, 0.2) is 5.78 Å². The maximum absolute atomic E-state index is 12.0. The highest BCUT2D eigenvalue weighted by molar-refractivity contribution is 7.10. The van der Waals surface area contributed by atoms with Crippen molar-refractivity contribution in [1.29, 1.82) is 0 Å². The van der Waals surface area contributed by atoms with E-state index in [4.69, 9.17) is 5.73 Å². The first kappa shape index (κ1) is 12.0. The topological polar surface area (TPSA) is 63.3 Å². The average molecular weight is 247 g/mol. The van der Waals surface area contributed by atoms with Crippen LogP contribution >= 0.6 is 11.3 Å². The first-order valence-corrected chi connectivity index (χ1v) is 6.14. The molecule has 1 heterocycles. The second-order valence-corrected chi connectivity index (χ2v) is 4.70. The number of nitrogens with two attached hydrogens (primary N) is 1. The molecule has 0 radical (unpaired) electrons. The van der Waals surface area contributed by atoms with Gasteiger partial charge in [0.05, 0.1) is 6.04 Å². The van der Waals surface area contributed by atoms with Crippen LogP contribution in [-0.2, 0) is 0 Å². The number of benzene rings is 1. The SMILES string of the molecule is NC(C(=O)c1ccccc1)C(O)c1cccs1. The summed E-state index contributed by atoms with van der Waals surface area (Å²) in [6.07, 6.45) is -0.942. The van der Waals surface area contributed by atoms with E-state index in [1.54, 1.807) is 30.3 Å². The number of hydrogen-bond donors (Lipinski definition) is 2. The zero-order valence-electron chi connectivity index (χ0n) is 9.11. The van der Waals surface area contributed by atoms with Crippen LogP contribution in [0.1, 0.15) is 21.3 Å². The van der Waals surface area contributed by atoms with Gasteiger partial charge in [-0.3, -0.25) is 4.79 Å². The van der Waals surface area contributed by atoms with Gasteiger partial charge in [-0.05, 0) is 11.4 Å². The van der Waals surface area contributed by atoms with Crippen molar-refractivity contribution < 1.29 is 9.90 Å². The monoisotopic (exact) mass is 247 g/mol. The first-order chi connectivity index (χ1) is 8.20. The third-order valence-electron chi connectivity index (χ3n) is 2.54. The second kappa shape index (κ2) is 5.23. The molecule has 0 amide bonds. The Morgan fingerprint density at radius 1 is 1.18 bits per heavy atom. The van der Waals surface area contributed by atoms with Crippen molar-refractivity contribution in [3.8, 4) is 0 Å². The molecule has 17 heavy (non-hydrogen) atoms. The molecule has 2 aromatic rings. The average Bonchev–Trinajstić information content (AvgIpc) is 2.91. The lowest BCUT2D eigenvalue weighted by Crippen LogP contribution is -2.36. The lowest BCUT2D eigenvalue weighted by molar-refractivity contribution is 0.0823. The summed E-state index contributed by atoms with van der Waals surface area (Å²) in [6, 6.07) is 11.5. The summed E-state index contributed by atoms with van der Waals surface area (Å²) in [7, 11) is 0. The van der Waals surface area contributed by atoms with Crippen LogP contribution in [0.3, 0.4) is 0 Å². The number of carbonyl (C=O) groups excluding carboxylic acids is 1. The van der Waals surface area contributed by atoms with Gasteiger partial charge in [0.1, 0.15) is 6.10 Å². The minimum absolute atomic E-state index is 0.244. The quantitative estimate of drug-likeness (QED) is 0.812. The molecule has 0 fully saturated rings. The van der Waals surface area contributed by atoms with E-state index < -0.39 is 12.1 Å². The van der Waals surface area contributed by atoms with Crippen LogP contribution < -0.4 is 5.73 Å². The molecule has 0 aliphatic carbocycles. The fraction of sp³-hybridized carbons (Fsp3) is 0.154. The third-order valence-corrected chi connectivity index (χ3v) is 3.48. The van der Waals surface area contributed by atoms with Gasteiger partial charge in [-0.25, -0.2) is 0 Å². The number of aliphatic hydroxyl groups is 1. The molecule has 0 aliphatic heterocycles. The lowest BCUT2D eigenvalue weighted by Gasteiger charge is -2.16. The summed E-state index contributed by atoms with van der Waals surface area (Å²) in [4.78, 5) is 12.7. The van der Waals surface area contributed by atoms with Crippen molar-refractivity contribution >= 4 is 17.1 Å². The molecule has 2 unspecified atom stereocenters. The largest absolute Gasteiger partial charge is 0.385 e.